The first kappa shape index (κ1) is 20.3. The number of ether oxygens (including phenoxy) is 2. The number of likely N-dealkylation sites (N-methyl/N-ethyl adjacent to an activating group) is 1. The highest BCUT2D eigenvalue weighted by molar-refractivity contribution is 5.94. The van der Waals surface area contributed by atoms with E-state index in [1.807, 2.05) is 55.5 Å². The van der Waals surface area contributed by atoms with E-state index in [-0.39, 0.29) is 18.4 Å². The van der Waals surface area contributed by atoms with Gasteiger partial charge in [-0.25, -0.2) is 0 Å². The van der Waals surface area contributed by atoms with Gasteiger partial charge in [-0.1, -0.05) is 17.7 Å². The van der Waals surface area contributed by atoms with E-state index in [1.165, 1.54) is 4.90 Å². The molecule has 0 saturated carbocycles. The summed E-state index contributed by atoms with van der Waals surface area (Å²) in [4.78, 5) is 25.6. The average Bonchev–Trinajstić information content (AvgIpc) is 2.67. The number of hydrogen-bond acceptors (Lipinski definition) is 4. The molecule has 6 nitrogen and oxygen atoms in total. The zero-order valence-corrected chi connectivity index (χ0v) is 16.0. The Bertz CT molecular complexity index is 742. The molecule has 0 fully saturated rings. The van der Waals surface area contributed by atoms with Gasteiger partial charge in [0.05, 0.1) is 20.3 Å². The van der Waals surface area contributed by atoms with E-state index in [0.717, 1.165) is 22.7 Å². The fourth-order valence-electron chi connectivity index (χ4n) is 2.42. The Kier molecular flexibility index (Phi) is 7.67. The normalized spacial score (nSPS) is 10.2. The second-order valence-electron chi connectivity index (χ2n) is 6.29. The predicted molar refractivity (Wildman–Crippen MR) is 105 cm³/mol. The molecule has 0 aliphatic heterocycles. The van der Waals surface area contributed by atoms with Gasteiger partial charge in [0.15, 0.2) is 0 Å². The van der Waals surface area contributed by atoms with Crippen molar-refractivity contribution in [3.8, 4) is 11.5 Å². The van der Waals surface area contributed by atoms with Crippen LogP contribution in [0, 0.1) is 6.92 Å². The van der Waals surface area contributed by atoms with Gasteiger partial charge in [0.25, 0.3) is 0 Å². The van der Waals surface area contributed by atoms with Crippen LogP contribution in [-0.2, 0) is 9.59 Å². The highest BCUT2D eigenvalue weighted by Crippen LogP contribution is 2.17. The summed E-state index contributed by atoms with van der Waals surface area (Å²) >= 11 is 0. The highest BCUT2D eigenvalue weighted by atomic mass is 16.5. The summed E-state index contributed by atoms with van der Waals surface area (Å²) in [5, 5.41) is 2.79. The molecule has 0 aromatic heterocycles. The van der Waals surface area contributed by atoms with Crippen LogP contribution in [0.5, 0.6) is 11.5 Å². The SMILES string of the molecule is COc1ccc(OCCCC(=O)N(C)CC(=O)Nc2ccc(C)cc2)cc1. The fraction of sp³-hybridized carbons (Fsp3) is 0.333. The predicted octanol–water partition coefficient (Wildman–Crippen LogP) is 3.26. The second kappa shape index (κ2) is 10.2. The van der Waals surface area contributed by atoms with Crippen LogP contribution in [0.15, 0.2) is 48.5 Å². The third kappa shape index (κ3) is 7.01. The van der Waals surface area contributed by atoms with E-state index >= 15 is 0 Å². The maximum Gasteiger partial charge on any atom is 0.243 e. The Hall–Kier alpha value is -3.02. The van der Waals surface area contributed by atoms with Gasteiger partial charge >= 0.3 is 0 Å². The summed E-state index contributed by atoms with van der Waals surface area (Å²) in [5.74, 6) is 1.19. The molecular formula is C21H26N2O4. The van der Waals surface area contributed by atoms with Crippen molar-refractivity contribution in [1.82, 2.24) is 4.90 Å². The van der Waals surface area contributed by atoms with Gasteiger partial charge < -0.3 is 19.7 Å². The third-order valence-electron chi connectivity index (χ3n) is 4.00. The Morgan fingerprint density at radius 1 is 1.00 bits per heavy atom. The number of methoxy groups -OCH3 is 1. The lowest BCUT2D eigenvalue weighted by Gasteiger charge is -2.17. The number of hydrogen-bond donors (Lipinski definition) is 1. The van der Waals surface area contributed by atoms with Crippen molar-refractivity contribution >= 4 is 17.5 Å². The summed E-state index contributed by atoms with van der Waals surface area (Å²) in [6.07, 6.45) is 0.902. The van der Waals surface area contributed by atoms with Crippen molar-refractivity contribution in [3.63, 3.8) is 0 Å². The number of carbonyl (C=O) groups is 2. The molecule has 27 heavy (non-hydrogen) atoms. The number of benzene rings is 2. The molecular weight excluding hydrogens is 344 g/mol. The van der Waals surface area contributed by atoms with E-state index in [0.29, 0.717) is 19.4 Å². The summed E-state index contributed by atoms with van der Waals surface area (Å²) in [5.41, 5.74) is 1.84. The molecule has 6 heteroatoms. The smallest absolute Gasteiger partial charge is 0.243 e. The van der Waals surface area contributed by atoms with Crippen LogP contribution < -0.4 is 14.8 Å². The molecule has 2 aromatic carbocycles. The first-order valence-corrected chi connectivity index (χ1v) is 8.85. The molecule has 2 aromatic rings. The van der Waals surface area contributed by atoms with Gasteiger partial charge in [0, 0.05) is 19.2 Å². The van der Waals surface area contributed by atoms with Crippen LogP contribution in [0.4, 0.5) is 5.69 Å². The number of nitrogens with zero attached hydrogens (tertiary/aromatic N) is 1. The van der Waals surface area contributed by atoms with E-state index in [2.05, 4.69) is 5.32 Å². The van der Waals surface area contributed by atoms with Crippen LogP contribution in [0.1, 0.15) is 18.4 Å². The van der Waals surface area contributed by atoms with Gasteiger partial charge in [-0.2, -0.15) is 0 Å². The summed E-state index contributed by atoms with van der Waals surface area (Å²) in [6, 6.07) is 14.8. The van der Waals surface area contributed by atoms with E-state index < -0.39 is 0 Å². The molecule has 0 heterocycles. The maximum absolute atomic E-state index is 12.1. The number of amides is 2. The standard InChI is InChI=1S/C21H26N2O4/c1-16-6-8-17(9-7-16)22-20(24)15-23(2)21(25)5-4-14-27-19-12-10-18(26-3)11-13-19/h6-13H,4-5,14-15H2,1-3H3,(H,22,24). The topological polar surface area (TPSA) is 67.9 Å². The Balaban J connectivity index is 1.66. The molecule has 0 aliphatic carbocycles. The molecule has 0 spiro atoms. The molecule has 144 valence electrons. The molecule has 2 amide bonds. The first-order valence-electron chi connectivity index (χ1n) is 8.85. The third-order valence-corrected chi connectivity index (χ3v) is 4.00. The van der Waals surface area contributed by atoms with Gasteiger partial charge in [-0.05, 0) is 49.7 Å². The van der Waals surface area contributed by atoms with E-state index in [9.17, 15) is 9.59 Å². The quantitative estimate of drug-likeness (QED) is 0.688. The van der Waals surface area contributed by atoms with Crippen molar-refractivity contribution in [3.05, 3.63) is 54.1 Å². The van der Waals surface area contributed by atoms with Gasteiger partial charge in [-0.15, -0.1) is 0 Å². The molecule has 0 bridgehead atoms. The lowest BCUT2D eigenvalue weighted by atomic mass is 10.2. The van der Waals surface area contributed by atoms with Gasteiger partial charge in [0.1, 0.15) is 11.5 Å². The van der Waals surface area contributed by atoms with Crippen molar-refractivity contribution < 1.29 is 19.1 Å². The Morgan fingerprint density at radius 3 is 2.26 bits per heavy atom. The molecule has 1 N–H and O–H groups in total. The van der Waals surface area contributed by atoms with Crippen LogP contribution >= 0.6 is 0 Å². The van der Waals surface area contributed by atoms with Crippen LogP contribution in [0.2, 0.25) is 0 Å². The minimum Gasteiger partial charge on any atom is -0.497 e. The minimum atomic E-state index is -0.218. The van der Waals surface area contributed by atoms with Crippen molar-refractivity contribution in [2.75, 3.05) is 32.6 Å². The van der Waals surface area contributed by atoms with Crippen LogP contribution in [-0.4, -0.2) is 44.0 Å². The molecule has 0 saturated heterocycles. The van der Waals surface area contributed by atoms with Crippen molar-refractivity contribution in [2.45, 2.75) is 19.8 Å². The number of anilines is 1. The second-order valence-corrected chi connectivity index (χ2v) is 6.29. The average molecular weight is 370 g/mol. The zero-order chi connectivity index (χ0) is 19.6. The molecule has 0 radical (unpaired) electrons. The number of carbonyl (C=O) groups excluding carboxylic acids is 2. The van der Waals surface area contributed by atoms with Gasteiger partial charge in [0.2, 0.25) is 11.8 Å². The first-order chi connectivity index (χ1) is 13.0. The number of aryl methyl sites for hydroxylation is 1. The highest BCUT2D eigenvalue weighted by Gasteiger charge is 2.13. The Morgan fingerprint density at radius 2 is 1.63 bits per heavy atom. The van der Waals surface area contributed by atoms with Gasteiger partial charge in [-0.3, -0.25) is 9.59 Å². The molecule has 0 aliphatic rings. The zero-order valence-electron chi connectivity index (χ0n) is 16.0. The monoisotopic (exact) mass is 370 g/mol. The van der Waals surface area contributed by atoms with Crippen LogP contribution in [0.25, 0.3) is 0 Å². The van der Waals surface area contributed by atoms with E-state index in [1.54, 1.807) is 14.2 Å². The summed E-state index contributed by atoms with van der Waals surface area (Å²) in [6.45, 7) is 2.43. The summed E-state index contributed by atoms with van der Waals surface area (Å²) < 4.78 is 10.7. The van der Waals surface area contributed by atoms with Crippen LogP contribution in [0.3, 0.4) is 0 Å². The number of nitrogens with one attached hydrogen (secondary N) is 1. The largest absolute Gasteiger partial charge is 0.497 e. The number of rotatable bonds is 9. The van der Waals surface area contributed by atoms with E-state index in [4.69, 9.17) is 9.47 Å². The summed E-state index contributed by atoms with van der Waals surface area (Å²) in [7, 11) is 3.24. The minimum absolute atomic E-state index is 0.0199. The molecule has 2 rings (SSSR count). The lowest BCUT2D eigenvalue weighted by molar-refractivity contribution is -0.133. The molecule has 0 unspecified atom stereocenters. The fourth-order valence-corrected chi connectivity index (χ4v) is 2.42. The van der Waals surface area contributed by atoms with Crippen molar-refractivity contribution in [2.24, 2.45) is 0 Å². The Labute approximate surface area is 160 Å². The van der Waals surface area contributed by atoms with Crippen molar-refractivity contribution in [1.29, 1.82) is 0 Å². The molecule has 0 atom stereocenters. The maximum atomic E-state index is 12.1. The lowest BCUT2D eigenvalue weighted by Crippen LogP contribution is -2.34.